The van der Waals surface area contributed by atoms with Gasteiger partial charge in [0.2, 0.25) is 0 Å². The van der Waals surface area contributed by atoms with Crippen molar-refractivity contribution in [3.63, 3.8) is 0 Å². The van der Waals surface area contributed by atoms with Crippen LogP contribution in [-0.2, 0) is 23.9 Å². The van der Waals surface area contributed by atoms with E-state index in [1.807, 2.05) is 6.92 Å². The van der Waals surface area contributed by atoms with Crippen LogP contribution < -0.4 is 0 Å². The van der Waals surface area contributed by atoms with E-state index in [4.69, 9.17) is 5.11 Å². The molecule has 6 nitrogen and oxygen atoms in total. The molecule has 0 aromatic rings. The van der Waals surface area contributed by atoms with Crippen molar-refractivity contribution in [2.75, 3.05) is 13.7 Å². The first-order chi connectivity index (χ1) is 12.4. The fourth-order valence-corrected chi connectivity index (χ4v) is 0.906. The molecule has 0 spiro atoms. The first-order valence-corrected chi connectivity index (χ1v) is 8.89. The van der Waals surface area contributed by atoms with Gasteiger partial charge in [-0.2, -0.15) is 0 Å². The molecule has 0 bridgehead atoms. The van der Waals surface area contributed by atoms with E-state index in [0.29, 0.717) is 12.0 Å². The van der Waals surface area contributed by atoms with Gasteiger partial charge in [0.1, 0.15) is 0 Å². The second kappa shape index (κ2) is 18.4. The number of carbonyl (C=O) groups is 3. The predicted octanol–water partition coefficient (Wildman–Crippen LogP) is 4.70. The third-order valence-corrected chi connectivity index (χ3v) is 3.07. The number of carboxylic acid groups (broad SMARTS) is 1. The van der Waals surface area contributed by atoms with Crippen molar-refractivity contribution in [2.24, 2.45) is 5.41 Å². The van der Waals surface area contributed by atoms with E-state index >= 15 is 0 Å². The Morgan fingerprint density at radius 2 is 1.67 bits per heavy atom. The number of carbonyl (C=O) groups excluding carboxylic acids is 2. The average molecular weight is 385 g/mol. The molecule has 0 fully saturated rings. The summed E-state index contributed by atoms with van der Waals surface area (Å²) < 4.78 is 9.02. The molecule has 156 valence electrons. The molecule has 1 N–H and O–H groups in total. The minimum atomic E-state index is -1.05. The van der Waals surface area contributed by atoms with Crippen LogP contribution in [0.5, 0.6) is 0 Å². The number of carboxylic acids is 1. The van der Waals surface area contributed by atoms with Crippen molar-refractivity contribution in [2.45, 2.75) is 60.3 Å². The van der Waals surface area contributed by atoms with Crippen molar-refractivity contribution in [1.29, 1.82) is 0 Å². The van der Waals surface area contributed by atoms with Crippen molar-refractivity contribution in [1.82, 2.24) is 0 Å². The van der Waals surface area contributed by atoms with E-state index in [-0.39, 0.29) is 18.0 Å². The van der Waals surface area contributed by atoms with Gasteiger partial charge < -0.3 is 14.6 Å². The Kier molecular flexibility index (Phi) is 20.1. The standard InChI is InChI=1S/C8H10O4.C7H12O2.C6H14/c1-6(8(11)12-2)4-3-5-7(9)10;1-3-5-6-9-7(8)4-2;1-5-6(2,3)4/h3,5H,1,4H2,2H3,(H,9,10);4H,2-3,5-6H2,1H3;5H2,1-4H3. The van der Waals surface area contributed by atoms with E-state index < -0.39 is 11.9 Å². The van der Waals surface area contributed by atoms with Crippen LogP contribution in [0, 0.1) is 5.41 Å². The van der Waals surface area contributed by atoms with Crippen LogP contribution in [0.4, 0.5) is 0 Å². The van der Waals surface area contributed by atoms with Gasteiger partial charge >= 0.3 is 17.9 Å². The predicted molar refractivity (Wildman–Crippen MR) is 108 cm³/mol. The van der Waals surface area contributed by atoms with Crippen LogP contribution in [0.15, 0.2) is 37.0 Å². The van der Waals surface area contributed by atoms with Crippen LogP contribution in [-0.4, -0.2) is 36.7 Å². The van der Waals surface area contributed by atoms with E-state index in [1.165, 1.54) is 25.7 Å². The third kappa shape index (κ3) is 28.7. The molecule has 0 aliphatic rings. The van der Waals surface area contributed by atoms with Gasteiger partial charge in [0, 0.05) is 17.7 Å². The van der Waals surface area contributed by atoms with E-state index in [9.17, 15) is 14.4 Å². The van der Waals surface area contributed by atoms with Crippen molar-refractivity contribution in [3.05, 3.63) is 37.0 Å². The molecule has 0 aromatic heterocycles. The first kappa shape index (κ1) is 29.4. The van der Waals surface area contributed by atoms with Crippen LogP contribution in [0.2, 0.25) is 0 Å². The number of methoxy groups -OCH3 is 1. The molecule has 0 aromatic carbocycles. The maximum atomic E-state index is 10.7. The molecule has 27 heavy (non-hydrogen) atoms. The number of rotatable bonds is 8. The zero-order chi connectivity index (χ0) is 21.9. The summed E-state index contributed by atoms with van der Waals surface area (Å²) in [5, 5.41) is 8.19. The van der Waals surface area contributed by atoms with Crippen LogP contribution in [0.25, 0.3) is 0 Å². The largest absolute Gasteiger partial charge is 0.478 e. The Bertz CT molecular complexity index is 483. The van der Waals surface area contributed by atoms with E-state index in [0.717, 1.165) is 18.9 Å². The van der Waals surface area contributed by atoms with Gasteiger partial charge in [-0.1, -0.05) is 66.7 Å². The summed E-state index contributed by atoms with van der Waals surface area (Å²) in [6.07, 6.45) is 6.90. The van der Waals surface area contributed by atoms with E-state index in [1.54, 1.807) is 0 Å². The molecule has 0 aliphatic carbocycles. The highest BCUT2D eigenvalue weighted by atomic mass is 16.5. The maximum absolute atomic E-state index is 10.7. The third-order valence-electron chi connectivity index (χ3n) is 3.07. The lowest BCUT2D eigenvalue weighted by molar-refractivity contribution is -0.138. The van der Waals surface area contributed by atoms with Gasteiger partial charge in [0.25, 0.3) is 0 Å². The Balaban J connectivity index is -0.000000340. The zero-order valence-electron chi connectivity index (χ0n) is 17.7. The highest BCUT2D eigenvalue weighted by molar-refractivity contribution is 5.88. The summed E-state index contributed by atoms with van der Waals surface area (Å²) in [6, 6.07) is 0. The molecular weight excluding hydrogens is 348 g/mol. The maximum Gasteiger partial charge on any atom is 0.333 e. The van der Waals surface area contributed by atoms with E-state index in [2.05, 4.69) is 50.3 Å². The van der Waals surface area contributed by atoms with Crippen LogP contribution >= 0.6 is 0 Å². The monoisotopic (exact) mass is 384 g/mol. The van der Waals surface area contributed by atoms with Gasteiger partial charge in [-0.25, -0.2) is 14.4 Å². The number of esters is 2. The van der Waals surface area contributed by atoms with Gasteiger partial charge in [-0.15, -0.1) is 0 Å². The number of allylic oxidation sites excluding steroid dienone is 1. The summed E-state index contributed by atoms with van der Waals surface area (Å²) in [6.45, 7) is 18.2. The number of aliphatic carboxylic acids is 1. The molecule has 0 heterocycles. The van der Waals surface area contributed by atoms with Crippen molar-refractivity contribution in [3.8, 4) is 0 Å². The first-order valence-electron chi connectivity index (χ1n) is 8.89. The lowest BCUT2D eigenvalue weighted by Crippen LogP contribution is -2.02. The lowest BCUT2D eigenvalue weighted by atomic mass is 9.94. The fourth-order valence-electron chi connectivity index (χ4n) is 0.906. The number of ether oxygens (including phenoxy) is 2. The molecule has 0 radical (unpaired) electrons. The molecule has 0 atom stereocenters. The number of unbranched alkanes of at least 4 members (excludes halogenated alkanes) is 1. The number of hydrogen-bond donors (Lipinski definition) is 1. The molecule has 0 amide bonds. The summed E-state index contributed by atoms with van der Waals surface area (Å²) in [4.78, 5) is 31.0. The van der Waals surface area contributed by atoms with Gasteiger partial charge in [0.15, 0.2) is 0 Å². The van der Waals surface area contributed by atoms with Crippen LogP contribution in [0.3, 0.4) is 0 Å². The Morgan fingerprint density at radius 3 is 2.00 bits per heavy atom. The minimum absolute atomic E-state index is 0.193. The van der Waals surface area contributed by atoms with Gasteiger partial charge in [-0.3, -0.25) is 0 Å². The summed E-state index contributed by atoms with van der Waals surface area (Å²) in [5.74, 6) is -1.90. The highest BCUT2D eigenvalue weighted by Crippen LogP contribution is 2.16. The summed E-state index contributed by atoms with van der Waals surface area (Å²) in [7, 11) is 1.24. The topological polar surface area (TPSA) is 89.9 Å². The molecule has 0 unspecified atom stereocenters. The fraction of sp³-hybridized carbons (Fsp3) is 0.571. The minimum Gasteiger partial charge on any atom is -0.478 e. The molecule has 0 aliphatic heterocycles. The zero-order valence-corrected chi connectivity index (χ0v) is 17.7. The SMILES string of the molecule is C=C(CC=CC(=O)O)C(=O)OC.C=CC(=O)OCCCC.CCC(C)(C)C. The Hall–Kier alpha value is -2.37. The normalized spacial score (nSPS) is 9.85. The molecule has 0 saturated heterocycles. The molecule has 6 heteroatoms. The second-order valence-electron chi connectivity index (χ2n) is 6.68. The average Bonchev–Trinajstić information content (AvgIpc) is 2.61. The Morgan fingerprint density at radius 1 is 1.15 bits per heavy atom. The Labute approximate surface area is 163 Å². The molecular formula is C21H36O6. The second-order valence-corrected chi connectivity index (χ2v) is 6.68. The summed E-state index contributed by atoms with van der Waals surface area (Å²) in [5.41, 5.74) is 0.773. The lowest BCUT2D eigenvalue weighted by Gasteiger charge is -2.12. The smallest absolute Gasteiger partial charge is 0.333 e. The number of hydrogen-bond acceptors (Lipinski definition) is 5. The van der Waals surface area contributed by atoms with Crippen molar-refractivity contribution < 1.29 is 29.0 Å². The van der Waals surface area contributed by atoms with Crippen LogP contribution in [0.1, 0.15) is 60.3 Å². The quantitative estimate of drug-likeness (QED) is 0.370. The van der Waals surface area contributed by atoms with Gasteiger partial charge in [0.05, 0.1) is 13.7 Å². The summed E-state index contributed by atoms with van der Waals surface area (Å²) >= 11 is 0. The van der Waals surface area contributed by atoms with Crippen molar-refractivity contribution >= 4 is 17.9 Å². The molecule has 0 saturated carbocycles. The van der Waals surface area contributed by atoms with Gasteiger partial charge in [-0.05, 0) is 18.3 Å². The highest BCUT2D eigenvalue weighted by Gasteiger charge is 2.03. The molecule has 0 rings (SSSR count).